The molecule has 30 heavy (non-hydrogen) atoms. The predicted molar refractivity (Wildman–Crippen MR) is 121 cm³/mol. The topological polar surface area (TPSA) is 67.2 Å². The van der Waals surface area contributed by atoms with Gasteiger partial charge in [0.1, 0.15) is 5.82 Å². The number of halogens is 2. The van der Waals surface area contributed by atoms with Gasteiger partial charge in [-0.25, -0.2) is 4.68 Å². The van der Waals surface area contributed by atoms with Crippen molar-refractivity contribution in [1.29, 1.82) is 0 Å². The van der Waals surface area contributed by atoms with Crippen LogP contribution in [0, 0.1) is 0 Å². The second-order valence-electron chi connectivity index (χ2n) is 8.66. The molecule has 6 nitrogen and oxygen atoms in total. The molecule has 2 amide bonds. The number of carbonyl (C=O) groups is 2. The molecule has 2 aromatic rings. The summed E-state index contributed by atoms with van der Waals surface area (Å²) in [5.74, 6) is 0.356. The highest BCUT2D eigenvalue weighted by Crippen LogP contribution is 2.29. The zero-order chi connectivity index (χ0) is 21.9. The third kappa shape index (κ3) is 5.55. The molecule has 1 saturated heterocycles. The zero-order valence-electron chi connectivity index (χ0n) is 17.7. The lowest BCUT2D eigenvalue weighted by Crippen LogP contribution is -2.36. The van der Waals surface area contributed by atoms with E-state index in [2.05, 4.69) is 31.2 Å². The maximum atomic E-state index is 12.6. The van der Waals surface area contributed by atoms with E-state index in [-0.39, 0.29) is 30.1 Å². The van der Waals surface area contributed by atoms with E-state index in [9.17, 15) is 9.59 Å². The summed E-state index contributed by atoms with van der Waals surface area (Å²) in [5.41, 5.74) is 1.32. The summed E-state index contributed by atoms with van der Waals surface area (Å²) in [4.78, 5) is 26.8. The maximum absolute atomic E-state index is 12.6. The molecule has 1 aromatic carbocycles. The van der Waals surface area contributed by atoms with E-state index in [1.165, 1.54) is 6.42 Å². The van der Waals surface area contributed by atoms with Crippen molar-refractivity contribution >= 4 is 40.8 Å². The number of piperidine rings is 1. The highest BCUT2D eigenvalue weighted by molar-refractivity contribution is 6.42. The Labute approximate surface area is 187 Å². The largest absolute Gasteiger partial charge is 0.343 e. The van der Waals surface area contributed by atoms with E-state index < -0.39 is 0 Å². The number of hydrogen-bond acceptors (Lipinski definition) is 3. The fourth-order valence-electron chi connectivity index (χ4n) is 3.38. The molecule has 3 rings (SSSR count). The Balaban J connectivity index is 1.75. The highest BCUT2D eigenvalue weighted by Gasteiger charge is 2.22. The van der Waals surface area contributed by atoms with Crippen molar-refractivity contribution in [3.63, 3.8) is 0 Å². The van der Waals surface area contributed by atoms with Gasteiger partial charge in [0.05, 0.1) is 21.4 Å². The molecule has 0 spiro atoms. The molecule has 0 radical (unpaired) electrons. The van der Waals surface area contributed by atoms with Crippen molar-refractivity contribution in [2.24, 2.45) is 0 Å². The van der Waals surface area contributed by atoms with Crippen molar-refractivity contribution in [1.82, 2.24) is 14.7 Å². The van der Waals surface area contributed by atoms with Gasteiger partial charge in [0.15, 0.2) is 0 Å². The minimum absolute atomic E-state index is 0.0400. The molecule has 1 aliphatic rings. The normalized spacial score (nSPS) is 14.6. The van der Waals surface area contributed by atoms with Crippen molar-refractivity contribution < 1.29 is 9.59 Å². The third-order valence-electron chi connectivity index (χ3n) is 5.17. The summed E-state index contributed by atoms with van der Waals surface area (Å²) in [5, 5.41) is 8.44. The summed E-state index contributed by atoms with van der Waals surface area (Å²) in [6.07, 6.45) is 3.58. The third-order valence-corrected chi connectivity index (χ3v) is 5.91. The number of aromatic nitrogens is 2. The van der Waals surface area contributed by atoms with Crippen LogP contribution in [0.1, 0.15) is 58.6 Å². The molecule has 1 aliphatic heterocycles. The molecule has 0 bridgehead atoms. The average molecular weight is 451 g/mol. The van der Waals surface area contributed by atoms with Crippen LogP contribution in [0.25, 0.3) is 5.69 Å². The van der Waals surface area contributed by atoms with Gasteiger partial charge in [0.25, 0.3) is 0 Å². The van der Waals surface area contributed by atoms with E-state index in [1.54, 1.807) is 22.9 Å². The Morgan fingerprint density at radius 1 is 1.03 bits per heavy atom. The van der Waals surface area contributed by atoms with Crippen molar-refractivity contribution in [2.45, 2.75) is 58.3 Å². The van der Waals surface area contributed by atoms with Gasteiger partial charge in [0, 0.05) is 37.4 Å². The molecule has 8 heteroatoms. The first-order valence-electron chi connectivity index (χ1n) is 10.3. The monoisotopic (exact) mass is 450 g/mol. The summed E-state index contributed by atoms with van der Waals surface area (Å²) >= 11 is 12.2. The number of nitrogens with zero attached hydrogens (tertiary/aromatic N) is 3. The van der Waals surface area contributed by atoms with Crippen LogP contribution in [0.3, 0.4) is 0 Å². The van der Waals surface area contributed by atoms with Gasteiger partial charge >= 0.3 is 0 Å². The molecule has 2 heterocycles. The molecule has 0 unspecified atom stereocenters. The highest BCUT2D eigenvalue weighted by atomic mass is 35.5. The number of nitrogens with one attached hydrogen (secondary N) is 1. The smallest absolute Gasteiger partial charge is 0.226 e. The summed E-state index contributed by atoms with van der Waals surface area (Å²) in [6.45, 7) is 7.74. The van der Waals surface area contributed by atoms with E-state index in [0.717, 1.165) is 31.6 Å². The summed E-state index contributed by atoms with van der Waals surface area (Å²) < 4.78 is 1.65. The second-order valence-corrected chi connectivity index (χ2v) is 9.48. The second kappa shape index (κ2) is 9.40. The van der Waals surface area contributed by atoms with Crippen LogP contribution in [0.15, 0.2) is 24.3 Å². The van der Waals surface area contributed by atoms with Gasteiger partial charge in [-0.1, -0.05) is 44.0 Å². The number of rotatable bonds is 5. The quantitative estimate of drug-likeness (QED) is 0.679. The summed E-state index contributed by atoms with van der Waals surface area (Å²) in [6, 6.07) is 7.05. The van der Waals surface area contributed by atoms with Gasteiger partial charge in [-0.05, 0) is 37.5 Å². The van der Waals surface area contributed by atoms with E-state index >= 15 is 0 Å². The van der Waals surface area contributed by atoms with Gasteiger partial charge in [0.2, 0.25) is 11.8 Å². The Bertz CT molecular complexity index is 928. The molecule has 0 aliphatic carbocycles. The Morgan fingerprint density at radius 2 is 1.73 bits per heavy atom. The molecular weight excluding hydrogens is 423 g/mol. The first-order valence-corrected chi connectivity index (χ1v) is 11.0. The van der Waals surface area contributed by atoms with Crippen LogP contribution >= 0.6 is 23.2 Å². The lowest BCUT2D eigenvalue weighted by atomic mass is 9.92. The predicted octanol–water partition coefficient (Wildman–Crippen LogP) is 5.21. The van der Waals surface area contributed by atoms with Crippen LogP contribution in [-0.2, 0) is 15.0 Å². The number of amides is 2. The number of anilines is 1. The first-order chi connectivity index (χ1) is 14.1. The maximum Gasteiger partial charge on any atom is 0.226 e. The minimum Gasteiger partial charge on any atom is -0.343 e. The Hall–Kier alpha value is -2.05. The molecular formula is C22H28Cl2N4O2. The van der Waals surface area contributed by atoms with Gasteiger partial charge in [-0.2, -0.15) is 5.10 Å². The number of hydrogen-bond donors (Lipinski definition) is 1. The molecule has 1 N–H and O–H groups in total. The van der Waals surface area contributed by atoms with Crippen LogP contribution in [-0.4, -0.2) is 39.6 Å². The molecule has 162 valence electrons. The summed E-state index contributed by atoms with van der Waals surface area (Å²) in [7, 11) is 0. The van der Waals surface area contributed by atoms with Gasteiger partial charge in [-0.15, -0.1) is 0 Å². The van der Waals surface area contributed by atoms with Crippen molar-refractivity contribution in [2.75, 3.05) is 18.4 Å². The number of carbonyl (C=O) groups excluding carboxylic acids is 2. The van der Waals surface area contributed by atoms with Gasteiger partial charge < -0.3 is 10.2 Å². The Morgan fingerprint density at radius 3 is 2.37 bits per heavy atom. The van der Waals surface area contributed by atoms with Crippen molar-refractivity contribution in [3.05, 3.63) is 40.0 Å². The van der Waals surface area contributed by atoms with Crippen LogP contribution in [0.4, 0.5) is 5.82 Å². The fraction of sp³-hybridized carbons (Fsp3) is 0.500. The standard InChI is InChI=1S/C22H28Cl2N4O2/c1-22(2,3)18-14-19(28(26-18)15-7-8-16(23)17(24)13-15)25-20(29)9-10-21(30)27-11-5-4-6-12-27/h7-8,13-14H,4-6,9-12H2,1-3H3,(H,25,29). The first kappa shape index (κ1) is 22.6. The zero-order valence-corrected chi connectivity index (χ0v) is 19.2. The van der Waals surface area contributed by atoms with Crippen molar-refractivity contribution in [3.8, 4) is 5.69 Å². The lowest BCUT2D eigenvalue weighted by Gasteiger charge is -2.26. The molecule has 0 saturated carbocycles. The average Bonchev–Trinajstić information content (AvgIpc) is 3.13. The SMILES string of the molecule is CC(C)(C)c1cc(NC(=O)CCC(=O)N2CCCCC2)n(-c2ccc(Cl)c(Cl)c2)n1. The minimum atomic E-state index is -0.220. The number of benzene rings is 1. The van der Waals surface area contributed by atoms with Crippen LogP contribution < -0.4 is 5.32 Å². The van der Waals surface area contributed by atoms with E-state index in [4.69, 9.17) is 23.2 Å². The van der Waals surface area contributed by atoms with E-state index in [0.29, 0.717) is 21.6 Å². The lowest BCUT2D eigenvalue weighted by molar-refractivity contribution is -0.133. The van der Waals surface area contributed by atoms with Crippen LogP contribution in [0.5, 0.6) is 0 Å². The van der Waals surface area contributed by atoms with Crippen LogP contribution in [0.2, 0.25) is 10.0 Å². The van der Waals surface area contributed by atoms with Gasteiger partial charge in [-0.3, -0.25) is 9.59 Å². The molecule has 0 atom stereocenters. The Kier molecular flexibility index (Phi) is 7.09. The molecule has 1 aromatic heterocycles. The fourth-order valence-corrected chi connectivity index (χ4v) is 3.67. The molecule has 1 fully saturated rings. The van der Waals surface area contributed by atoms with E-state index in [1.807, 2.05) is 11.0 Å². The number of likely N-dealkylation sites (tertiary alicyclic amines) is 1.